The summed E-state index contributed by atoms with van der Waals surface area (Å²) in [6.45, 7) is 6.67. The van der Waals surface area contributed by atoms with Crippen LogP contribution in [0.3, 0.4) is 0 Å². The lowest BCUT2D eigenvalue weighted by Crippen LogP contribution is -2.55. The molecule has 3 rings (SSSR count). The Morgan fingerprint density at radius 3 is 2.85 bits per heavy atom. The largest absolute Gasteiger partial charge is 0.364 e. The summed E-state index contributed by atoms with van der Waals surface area (Å²) in [4.78, 5) is 16.0. The van der Waals surface area contributed by atoms with Crippen molar-refractivity contribution in [3.05, 3.63) is 29.6 Å². The number of ketones is 1. The molecule has 0 N–H and O–H groups in total. The van der Waals surface area contributed by atoms with Crippen molar-refractivity contribution in [3.63, 3.8) is 0 Å². The Hall–Kier alpha value is -1.42. The zero-order chi connectivity index (χ0) is 14.3. The number of piperazine rings is 1. The highest BCUT2D eigenvalue weighted by Crippen LogP contribution is 2.30. The van der Waals surface area contributed by atoms with Crippen LogP contribution in [0, 0.1) is 5.82 Å². The second-order valence-corrected chi connectivity index (χ2v) is 6.01. The van der Waals surface area contributed by atoms with Crippen LogP contribution in [0.15, 0.2) is 18.2 Å². The lowest BCUT2D eigenvalue weighted by atomic mass is 10.1. The van der Waals surface area contributed by atoms with E-state index in [4.69, 9.17) is 0 Å². The molecule has 3 nitrogen and oxygen atoms in total. The van der Waals surface area contributed by atoms with E-state index in [1.54, 1.807) is 12.1 Å². The maximum atomic E-state index is 14.3. The van der Waals surface area contributed by atoms with Crippen LogP contribution in [0.1, 0.15) is 37.0 Å². The summed E-state index contributed by atoms with van der Waals surface area (Å²) < 4.78 is 14.3. The van der Waals surface area contributed by atoms with Crippen molar-refractivity contribution < 1.29 is 9.18 Å². The van der Waals surface area contributed by atoms with Gasteiger partial charge in [-0.2, -0.15) is 0 Å². The summed E-state index contributed by atoms with van der Waals surface area (Å²) in [5, 5.41) is 0. The quantitative estimate of drug-likeness (QED) is 0.776. The summed E-state index contributed by atoms with van der Waals surface area (Å²) in [5.41, 5.74) is 1.08. The van der Waals surface area contributed by atoms with E-state index in [2.05, 4.69) is 16.7 Å². The van der Waals surface area contributed by atoms with Gasteiger partial charge in [0, 0.05) is 30.7 Å². The number of rotatable bonds is 2. The van der Waals surface area contributed by atoms with Gasteiger partial charge in [0.05, 0.1) is 5.69 Å². The highest BCUT2D eigenvalue weighted by atomic mass is 19.1. The van der Waals surface area contributed by atoms with Crippen molar-refractivity contribution in [1.82, 2.24) is 4.90 Å². The van der Waals surface area contributed by atoms with Gasteiger partial charge in [0.25, 0.3) is 0 Å². The lowest BCUT2D eigenvalue weighted by molar-refractivity contribution is 0.101. The first kappa shape index (κ1) is 13.6. The zero-order valence-electron chi connectivity index (χ0n) is 12.1. The van der Waals surface area contributed by atoms with Gasteiger partial charge in [0.1, 0.15) is 5.82 Å². The van der Waals surface area contributed by atoms with Gasteiger partial charge in [-0.25, -0.2) is 4.39 Å². The second-order valence-electron chi connectivity index (χ2n) is 6.01. The highest BCUT2D eigenvalue weighted by Gasteiger charge is 2.35. The molecular weight excluding hydrogens is 255 g/mol. The van der Waals surface area contributed by atoms with Crippen molar-refractivity contribution >= 4 is 11.5 Å². The summed E-state index contributed by atoms with van der Waals surface area (Å²) in [5.74, 6) is -0.375. The minimum absolute atomic E-state index is 0.0934. The van der Waals surface area contributed by atoms with Crippen LogP contribution >= 0.6 is 0 Å². The molecule has 20 heavy (non-hydrogen) atoms. The average molecular weight is 276 g/mol. The number of anilines is 1. The van der Waals surface area contributed by atoms with Gasteiger partial charge in [0.2, 0.25) is 0 Å². The Morgan fingerprint density at radius 1 is 1.35 bits per heavy atom. The van der Waals surface area contributed by atoms with Crippen LogP contribution in [0.25, 0.3) is 0 Å². The Kier molecular flexibility index (Phi) is 3.50. The molecule has 2 unspecified atom stereocenters. The van der Waals surface area contributed by atoms with E-state index in [9.17, 15) is 9.18 Å². The maximum Gasteiger partial charge on any atom is 0.159 e. The smallest absolute Gasteiger partial charge is 0.159 e. The van der Waals surface area contributed by atoms with Gasteiger partial charge in [-0.15, -0.1) is 0 Å². The van der Waals surface area contributed by atoms with Crippen LogP contribution < -0.4 is 4.90 Å². The number of Topliss-reactive ketones (excluding diaryl/α,β-unsaturated/α-hetero) is 1. The fraction of sp³-hybridized carbons (Fsp3) is 0.562. The SMILES string of the molecule is CC(=O)c1ccc(N2CC3CCCN3CC2C)c(F)c1. The summed E-state index contributed by atoms with van der Waals surface area (Å²) in [6, 6.07) is 5.72. The van der Waals surface area contributed by atoms with E-state index in [-0.39, 0.29) is 11.6 Å². The van der Waals surface area contributed by atoms with E-state index in [1.165, 1.54) is 32.4 Å². The number of carbonyl (C=O) groups is 1. The molecule has 0 aromatic heterocycles. The van der Waals surface area contributed by atoms with Crippen molar-refractivity contribution in [2.24, 2.45) is 0 Å². The standard InChI is InChI=1S/C16H21FN2O/c1-11-9-18-7-3-4-14(18)10-19(11)16-6-5-13(12(2)20)8-15(16)17/h5-6,8,11,14H,3-4,7,9-10H2,1-2H3. The van der Waals surface area contributed by atoms with Gasteiger partial charge in [-0.1, -0.05) is 0 Å². The van der Waals surface area contributed by atoms with E-state index in [0.29, 0.717) is 23.3 Å². The Morgan fingerprint density at radius 2 is 2.15 bits per heavy atom. The summed E-state index contributed by atoms with van der Waals surface area (Å²) in [6.07, 6.45) is 2.45. The van der Waals surface area contributed by atoms with Crippen molar-refractivity contribution in [2.45, 2.75) is 38.8 Å². The molecular formula is C16H21FN2O. The molecule has 1 aromatic rings. The number of halogens is 1. The van der Waals surface area contributed by atoms with Gasteiger partial charge in [-0.3, -0.25) is 9.69 Å². The van der Waals surface area contributed by atoms with Gasteiger partial charge in [-0.05, 0) is 51.4 Å². The molecule has 0 saturated carbocycles. The number of carbonyl (C=O) groups excluding carboxylic acids is 1. The van der Waals surface area contributed by atoms with E-state index in [1.807, 2.05) is 0 Å². The molecule has 0 bridgehead atoms. The fourth-order valence-electron chi connectivity index (χ4n) is 3.48. The zero-order valence-corrected chi connectivity index (χ0v) is 12.1. The van der Waals surface area contributed by atoms with Crippen molar-refractivity contribution in [3.8, 4) is 0 Å². The number of nitrogens with zero attached hydrogens (tertiary/aromatic N) is 2. The average Bonchev–Trinajstić information content (AvgIpc) is 2.84. The molecule has 1 aromatic carbocycles. The molecule has 0 amide bonds. The molecule has 2 aliphatic rings. The Bertz CT molecular complexity index is 531. The number of hydrogen-bond acceptors (Lipinski definition) is 3. The third-order valence-corrected chi connectivity index (χ3v) is 4.60. The molecule has 2 aliphatic heterocycles. The van der Waals surface area contributed by atoms with Gasteiger partial charge in [0.15, 0.2) is 5.78 Å². The molecule has 4 heteroatoms. The number of benzene rings is 1. The first-order chi connectivity index (χ1) is 9.56. The second kappa shape index (κ2) is 5.17. The predicted octanol–water partition coefficient (Wildman–Crippen LogP) is 2.70. The third kappa shape index (κ3) is 2.33. The normalized spacial score (nSPS) is 26.6. The lowest BCUT2D eigenvalue weighted by Gasteiger charge is -2.43. The molecule has 108 valence electrons. The minimum atomic E-state index is -0.281. The number of fused-ring (bicyclic) bond motifs is 1. The number of hydrogen-bond donors (Lipinski definition) is 0. The third-order valence-electron chi connectivity index (χ3n) is 4.60. The topological polar surface area (TPSA) is 23.6 Å². The molecule has 2 fully saturated rings. The first-order valence-corrected chi connectivity index (χ1v) is 7.37. The van der Waals surface area contributed by atoms with E-state index >= 15 is 0 Å². The molecule has 0 radical (unpaired) electrons. The molecule has 2 atom stereocenters. The van der Waals surface area contributed by atoms with Crippen LogP contribution in [-0.2, 0) is 0 Å². The van der Waals surface area contributed by atoms with E-state index in [0.717, 1.165) is 13.1 Å². The monoisotopic (exact) mass is 276 g/mol. The van der Waals surface area contributed by atoms with Gasteiger partial charge < -0.3 is 4.90 Å². The summed E-state index contributed by atoms with van der Waals surface area (Å²) >= 11 is 0. The molecule has 2 saturated heterocycles. The van der Waals surface area contributed by atoms with Crippen LogP contribution in [0.2, 0.25) is 0 Å². The van der Waals surface area contributed by atoms with Crippen LogP contribution in [0.5, 0.6) is 0 Å². The van der Waals surface area contributed by atoms with Crippen LogP contribution in [-0.4, -0.2) is 42.4 Å². The Labute approximate surface area is 119 Å². The molecule has 2 heterocycles. The Balaban J connectivity index is 1.86. The minimum Gasteiger partial charge on any atom is -0.364 e. The first-order valence-electron chi connectivity index (χ1n) is 7.37. The van der Waals surface area contributed by atoms with Crippen LogP contribution in [0.4, 0.5) is 10.1 Å². The van der Waals surface area contributed by atoms with Gasteiger partial charge >= 0.3 is 0 Å². The summed E-state index contributed by atoms with van der Waals surface area (Å²) in [7, 11) is 0. The predicted molar refractivity (Wildman–Crippen MR) is 77.8 cm³/mol. The maximum absolute atomic E-state index is 14.3. The highest BCUT2D eigenvalue weighted by molar-refractivity contribution is 5.94. The van der Waals surface area contributed by atoms with E-state index < -0.39 is 0 Å². The molecule has 0 spiro atoms. The molecule has 0 aliphatic carbocycles. The van der Waals surface area contributed by atoms with Crippen molar-refractivity contribution in [2.75, 3.05) is 24.5 Å². The fourth-order valence-corrected chi connectivity index (χ4v) is 3.48. The van der Waals surface area contributed by atoms with Crippen molar-refractivity contribution in [1.29, 1.82) is 0 Å².